The van der Waals surface area contributed by atoms with E-state index in [1.54, 1.807) is 25.1 Å². The Labute approximate surface area is 128 Å². The van der Waals surface area contributed by atoms with Crippen LogP contribution in [0.5, 0.6) is 5.75 Å². The summed E-state index contributed by atoms with van der Waals surface area (Å²) >= 11 is 5.92. The van der Waals surface area contributed by atoms with E-state index >= 15 is 0 Å². The van der Waals surface area contributed by atoms with Crippen molar-refractivity contribution < 1.29 is 19.4 Å². The number of ether oxygens (including phenoxy) is 1. The normalized spacial score (nSPS) is 16.9. The number of carboxylic acid groups (broad SMARTS) is 1. The van der Waals surface area contributed by atoms with Crippen molar-refractivity contribution in [2.24, 2.45) is 5.92 Å². The third-order valence-electron chi connectivity index (χ3n) is 3.83. The maximum absolute atomic E-state index is 12.2. The molecule has 1 amide bonds. The fraction of sp³-hybridized carbons (Fsp3) is 0.467. The van der Waals surface area contributed by atoms with Gasteiger partial charge in [-0.2, -0.15) is 0 Å². The van der Waals surface area contributed by atoms with Crippen LogP contribution in [0.1, 0.15) is 25.3 Å². The number of aliphatic carboxylic acids is 1. The summed E-state index contributed by atoms with van der Waals surface area (Å²) in [6.45, 7) is 1.56. The molecule has 0 saturated heterocycles. The Hall–Kier alpha value is -1.75. The number of carbonyl (C=O) groups excluding carboxylic acids is 1. The van der Waals surface area contributed by atoms with Crippen LogP contribution < -0.4 is 10.1 Å². The lowest BCUT2D eigenvalue weighted by Crippen LogP contribution is -2.54. The van der Waals surface area contributed by atoms with Crippen molar-refractivity contribution in [3.05, 3.63) is 28.8 Å². The van der Waals surface area contributed by atoms with Gasteiger partial charge in [0.25, 0.3) is 0 Å². The number of halogens is 1. The number of hydrogen-bond donors (Lipinski definition) is 2. The topological polar surface area (TPSA) is 75.6 Å². The Morgan fingerprint density at radius 2 is 2.14 bits per heavy atom. The third-order valence-corrected chi connectivity index (χ3v) is 4.07. The van der Waals surface area contributed by atoms with E-state index in [4.69, 9.17) is 16.3 Å². The predicted octanol–water partition coefficient (Wildman–Crippen LogP) is 2.26. The first-order chi connectivity index (χ1) is 9.86. The van der Waals surface area contributed by atoms with Gasteiger partial charge >= 0.3 is 5.97 Å². The first-order valence-electron chi connectivity index (χ1n) is 6.73. The van der Waals surface area contributed by atoms with Gasteiger partial charge in [-0.1, -0.05) is 11.6 Å². The highest BCUT2D eigenvalue weighted by Crippen LogP contribution is 2.39. The standard InChI is InChI=1S/C15H18ClNO4/c1-15(14(19)20,10-3-4-10)17-13(18)8-9-7-11(16)5-6-12(9)21-2/h5-7,10H,3-4,8H2,1-2H3,(H,17,18)(H,19,20). The number of carbonyl (C=O) groups is 2. The summed E-state index contributed by atoms with van der Waals surface area (Å²) in [4.78, 5) is 23.6. The summed E-state index contributed by atoms with van der Waals surface area (Å²) in [5.74, 6) is -0.804. The highest BCUT2D eigenvalue weighted by Gasteiger charge is 2.48. The van der Waals surface area contributed by atoms with Crippen molar-refractivity contribution in [2.45, 2.75) is 31.7 Å². The lowest BCUT2D eigenvalue weighted by molar-refractivity contribution is -0.147. The zero-order valence-electron chi connectivity index (χ0n) is 12.0. The summed E-state index contributed by atoms with van der Waals surface area (Å²) in [7, 11) is 1.51. The molecule has 1 aliphatic carbocycles. The van der Waals surface area contributed by atoms with Crippen molar-refractivity contribution in [2.75, 3.05) is 7.11 Å². The predicted molar refractivity (Wildman–Crippen MR) is 78.6 cm³/mol. The van der Waals surface area contributed by atoms with E-state index in [1.807, 2.05) is 0 Å². The second-order valence-electron chi connectivity index (χ2n) is 5.46. The van der Waals surface area contributed by atoms with Crippen LogP contribution in [0.25, 0.3) is 0 Å². The van der Waals surface area contributed by atoms with Crippen LogP contribution in [0.2, 0.25) is 5.02 Å². The van der Waals surface area contributed by atoms with Crippen LogP contribution >= 0.6 is 11.6 Å². The molecule has 0 aliphatic heterocycles. The Morgan fingerprint density at radius 3 is 2.67 bits per heavy atom. The molecule has 0 aromatic heterocycles. The van der Waals surface area contributed by atoms with E-state index < -0.39 is 11.5 Å². The Balaban J connectivity index is 2.11. The van der Waals surface area contributed by atoms with Gasteiger partial charge in [0.05, 0.1) is 13.5 Å². The summed E-state index contributed by atoms with van der Waals surface area (Å²) < 4.78 is 5.18. The lowest BCUT2D eigenvalue weighted by Gasteiger charge is -2.26. The minimum atomic E-state index is -1.21. The van der Waals surface area contributed by atoms with E-state index in [-0.39, 0.29) is 18.2 Å². The van der Waals surface area contributed by atoms with Crippen LogP contribution in [0.15, 0.2) is 18.2 Å². The Bertz CT molecular complexity index is 571. The molecule has 21 heavy (non-hydrogen) atoms. The number of benzene rings is 1. The lowest BCUT2D eigenvalue weighted by atomic mass is 9.95. The fourth-order valence-electron chi connectivity index (χ4n) is 2.38. The molecule has 1 aliphatic rings. The van der Waals surface area contributed by atoms with Crippen molar-refractivity contribution in [1.82, 2.24) is 5.32 Å². The van der Waals surface area contributed by atoms with Crippen LogP contribution in [0.4, 0.5) is 0 Å². The molecule has 0 radical (unpaired) electrons. The third kappa shape index (κ3) is 3.47. The van der Waals surface area contributed by atoms with Gasteiger partial charge in [-0.25, -0.2) is 4.79 Å². The molecule has 0 heterocycles. The second kappa shape index (κ2) is 5.93. The smallest absolute Gasteiger partial charge is 0.329 e. The number of carboxylic acids is 1. The molecular formula is C15H18ClNO4. The molecule has 1 unspecified atom stereocenters. The quantitative estimate of drug-likeness (QED) is 0.845. The first-order valence-corrected chi connectivity index (χ1v) is 7.11. The molecule has 1 fully saturated rings. The number of hydrogen-bond acceptors (Lipinski definition) is 3. The van der Waals surface area contributed by atoms with Gasteiger partial charge in [0.2, 0.25) is 5.91 Å². The van der Waals surface area contributed by atoms with Crippen molar-refractivity contribution in [3.8, 4) is 5.75 Å². The molecule has 2 rings (SSSR count). The van der Waals surface area contributed by atoms with E-state index in [0.717, 1.165) is 12.8 Å². The maximum atomic E-state index is 12.2. The highest BCUT2D eigenvalue weighted by molar-refractivity contribution is 6.30. The van der Waals surface area contributed by atoms with Gasteiger partial charge in [-0.15, -0.1) is 0 Å². The van der Waals surface area contributed by atoms with Gasteiger partial charge in [0.1, 0.15) is 11.3 Å². The molecule has 1 aromatic rings. The fourth-order valence-corrected chi connectivity index (χ4v) is 2.58. The van der Waals surface area contributed by atoms with Crippen LogP contribution in [0.3, 0.4) is 0 Å². The number of rotatable bonds is 6. The first kappa shape index (κ1) is 15.6. The van der Waals surface area contributed by atoms with E-state index in [1.165, 1.54) is 7.11 Å². The minimum absolute atomic E-state index is 0.000192. The van der Waals surface area contributed by atoms with Crippen LogP contribution in [-0.2, 0) is 16.0 Å². The molecular weight excluding hydrogens is 294 g/mol. The van der Waals surface area contributed by atoms with Crippen molar-refractivity contribution in [3.63, 3.8) is 0 Å². The van der Waals surface area contributed by atoms with Gasteiger partial charge in [-0.3, -0.25) is 4.79 Å². The van der Waals surface area contributed by atoms with Gasteiger partial charge in [0, 0.05) is 10.6 Å². The number of nitrogens with one attached hydrogen (secondary N) is 1. The molecule has 1 aromatic carbocycles. The monoisotopic (exact) mass is 311 g/mol. The SMILES string of the molecule is COc1ccc(Cl)cc1CC(=O)NC(C)(C(=O)O)C1CC1. The van der Waals surface area contributed by atoms with Gasteiger partial charge in [-0.05, 0) is 43.9 Å². The number of methoxy groups -OCH3 is 1. The zero-order chi connectivity index (χ0) is 15.6. The van der Waals surface area contributed by atoms with Crippen LogP contribution in [0, 0.1) is 5.92 Å². The average molecular weight is 312 g/mol. The largest absolute Gasteiger partial charge is 0.496 e. The Morgan fingerprint density at radius 1 is 1.48 bits per heavy atom. The van der Waals surface area contributed by atoms with Crippen molar-refractivity contribution >= 4 is 23.5 Å². The van der Waals surface area contributed by atoms with E-state index in [9.17, 15) is 14.7 Å². The summed E-state index contributed by atoms with van der Waals surface area (Å²) in [6.07, 6.45) is 1.67. The maximum Gasteiger partial charge on any atom is 0.329 e. The van der Waals surface area contributed by atoms with E-state index in [0.29, 0.717) is 16.3 Å². The summed E-state index contributed by atoms with van der Waals surface area (Å²) in [6, 6.07) is 5.00. The molecule has 2 N–H and O–H groups in total. The van der Waals surface area contributed by atoms with Gasteiger partial charge < -0.3 is 15.2 Å². The second-order valence-corrected chi connectivity index (χ2v) is 5.90. The van der Waals surface area contributed by atoms with Crippen LogP contribution in [-0.4, -0.2) is 29.6 Å². The van der Waals surface area contributed by atoms with E-state index in [2.05, 4.69) is 5.32 Å². The highest BCUT2D eigenvalue weighted by atomic mass is 35.5. The van der Waals surface area contributed by atoms with Gasteiger partial charge in [0.15, 0.2) is 0 Å². The summed E-state index contributed by atoms with van der Waals surface area (Å²) in [5.41, 5.74) is -0.575. The average Bonchev–Trinajstić information content (AvgIpc) is 3.23. The molecule has 114 valence electrons. The Kier molecular flexibility index (Phi) is 4.42. The minimum Gasteiger partial charge on any atom is -0.496 e. The zero-order valence-corrected chi connectivity index (χ0v) is 12.7. The summed E-state index contributed by atoms with van der Waals surface area (Å²) in [5, 5.41) is 12.5. The molecule has 1 atom stereocenters. The number of amides is 1. The molecule has 6 heteroatoms. The van der Waals surface area contributed by atoms with Crippen molar-refractivity contribution in [1.29, 1.82) is 0 Å². The molecule has 1 saturated carbocycles. The molecule has 0 spiro atoms. The molecule has 5 nitrogen and oxygen atoms in total. The molecule has 0 bridgehead atoms.